The Balaban J connectivity index is 2.18. The highest BCUT2D eigenvalue weighted by Gasteiger charge is 2.15. The standard InChI is InChI=1S/C16H14Cl3NO2S/c1-22-20-16(13-7-6-12(17)8-15(13)19)10-23(21)9-11-4-2-3-5-14(11)18/h2-8H,9-10H2,1H3/b20-16+/t23-/m0/s1. The van der Waals surface area contributed by atoms with Crippen molar-refractivity contribution < 1.29 is 9.05 Å². The number of hydrogen-bond donors (Lipinski definition) is 0. The van der Waals surface area contributed by atoms with Crippen LogP contribution < -0.4 is 0 Å². The van der Waals surface area contributed by atoms with Crippen LogP contribution >= 0.6 is 34.8 Å². The van der Waals surface area contributed by atoms with E-state index in [9.17, 15) is 4.21 Å². The molecule has 0 spiro atoms. The molecule has 0 aromatic heterocycles. The Morgan fingerprint density at radius 2 is 1.87 bits per heavy atom. The molecule has 0 saturated carbocycles. The fourth-order valence-electron chi connectivity index (χ4n) is 1.98. The van der Waals surface area contributed by atoms with E-state index in [1.807, 2.05) is 18.2 Å². The van der Waals surface area contributed by atoms with Gasteiger partial charge >= 0.3 is 0 Å². The van der Waals surface area contributed by atoms with E-state index in [1.54, 1.807) is 24.3 Å². The molecule has 0 amide bonds. The Morgan fingerprint density at radius 3 is 2.52 bits per heavy atom. The van der Waals surface area contributed by atoms with Gasteiger partial charge < -0.3 is 4.84 Å². The Morgan fingerprint density at radius 1 is 1.13 bits per heavy atom. The molecule has 23 heavy (non-hydrogen) atoms. The quantitative estimate of drug-likeness (QED) is 0.517. The molecule has 3 nitrogen and oxygen atoms in total. The summed E-state index contributed by atoms with van der Waals surface area (Å²) in [5.74, 6) is 0.522. The molecular weight excluding hydrogens is 377 g/mol. The molecule has 7 heteroatoms. The van der Waals surface area contributed by atoms with Crippen molar-refractivity contribution >= 4 is 51.3 Å². The predicted molar refractivity (Wildman–Crippen MR) is 98.2 cm³/mol. The highest BCUT2D eigenvalue weighted by molar-refractivity contribution is 7.85. The first-order valence-corrected chi connectivity index (χ1v) is 9.27. The molecule has 0 aliphatic carbocycles. The molecule has 0 heterocycles. The molecule has 2 aromatic carbocycles. The van der Waals surface area contributed by atoms with Gasteiger partial charge in [0.1, 0.15) is 12.8 Å². The summed E-state index contributed by atoms with van der Waals surface area (Å²) in [6.07, 6.45) is 0. The van der Waals surface area contributed by atoms with Gasteiger partial charge in [-0.05, 0) is 23.8 Å². The van der Waals surface area contributed by atoms with Crippen LogP contribution in [-0.4, -0.2) is 22.8 Å². The van der Waals surface area contributed by atoms with Crippen LogP contribution in [-0.2, 0) is 21.4 Å². The second-order valence-corrected chi connectivity index (χ2v) is 7.37. The zero-order valence-electron chi connectivity index (χ0n) is 12.3. The van der Waals surface area contributed by atoms with Gasteiger partial charge in [0.2, 0.25) is 0 Å². The molecule has 0 unspecified atom stereocenters. The maximum atomic E-state index is 12.4. The third-order valence-electron chi connectivity index (χ3n) is 3.02. The van der Waals surface area contributed by atoms with Gasteiger partial charge in [0, 0.05) is 26.4 Å². The molecule has 0 bridgehead atoms. The second kappa shape index (κ2) is 8.69. The molecule has 0 aliphatic rings. The highest BCUT2D eigenvalue weighted by Crippen LogP contribution is 2.23. The summed E-state index contributed by atoms with van der Waals surface area (Å²) in [6.45, 7) is 0. The van der Waals surface area contributed by atoms with E-state index in [-0.39, 0.29) is 5.75 Å². The fourth-order valence-corrected chi connectivity index (χ4v) is 3.99. The number of hydrogen-bond acceptors (Lipinski definition) is 3. The summed E-state index contributed by atoms with van der Waals surface area (Å²) in [4.78, 5) is 4.85. The number of rotatable bonds is 6. The summed E-state index contributed by atoms with van der Waals surface area (Å²) in [6, 6.07) is 12.4. The van der Waals surface area contributed by atoms with Crippen molar-refractivity contribution in [1.29, 1.82) is 0 Å². The molecule has 2 rings (SSSR count). The van der Waals surface area contributed by atoms with Crippen LogP contribution in [0.4, 0.5) is 0 Å². The fraction of sp³-hybridized carbons (Fsp3) is 0.188. The van der Waals surface area contributed by atoms with E-state index in [1.165, 1.54) is 7.11 Å². The molecule has 0 aliphatic heterocycles. The van der Waals surface area contributed by atoms with Gasteiger partial charge in [-0.2, -0.15) is 0 Å². The third-order valence-corrected chi connectivity index (χ3v) is 5.16. The van der Waals surface area contributed by atoms with Gasteiger partial charge in [0.05, 0.1) is 16.5 Å². The SMILES string of the molecule is CO/N=C(\C[S@@](=O)Cc1ccccc1Cl)c1ccc(Cl)cc1Cl. The van der Waals surface area contributed by atoms with Crippen LogP contribution in [0.2, 0.25) is 15.1 Å². The smallest absolute Gasteiger partial charge is 0.106 e. The molecule has 1 atom stereocenters. The Hall–Kier alpha value is -1.07. The van der Waals surface area contributed by atoms with E-state index in [0.29, 0.717) is 32.1 Å². The zero-order valence-corrected chi connectivity index (χ0v) is 15.3. The Bertz CT molecular complexity index is 750. The maximum absolute atomic E-state index is 12.4. The van der Waals surface area contributed by atoms with Gasteiger partial charge in [-0.3, -0.25) is 4.21 Å². The third kappa shape index (κ3) is 5.21. The van der Waals surface area contributed by atoms with E-state index in [4.69, 9.17) is 39.6 Å². The molecule has 2 aromatic rings. The summed E-state index contributed by atoms with van der Waals surface area (Å²) < 4.78 is 12.4. The average Bonchev–Trinajstić information content (AvgIpc) is 2.49. The summed E-state index contributed by atoms with van der Waals surface area (Å²) >= 11 is 18.2. The van der Waals surface area contributed by atoms with Crippen LogP contribution in [0.1, 0.15) is 11.1 Å². The minimum atomic E-state index is -1.21. The number of halogens is 3. The number of benzene rings is 2. The van der Waals surface area contributed by atoms with E-state index in [2.05, 4.69) is 5.16 Å². The van der Waals surface area contributed by atoms with Crippen molar-refractivity contribution in [3.63, 3.8) is 0 Å². The van der Waals surface area contributed by atoms with Gasteiger partial charge in [0.15, 0.2) is 0 Å². The van der Waals surface area contributed by atoms with Gasteiger partial charge in [-0.25, -0.2) is 0 Å². The number of nitrogens with zero attached hydrogens (tertiary/aromatic N) is 1. The van der Waals surface area contributed by atoms with Crippen molar-refractivity contribution in [2.24, 2.45) is 5.16 Å². The van der Waals surface area contributed by atoms with Crippen molar-refractivity contribution in [1.82, 2.24) is 0 Å². The topological polar surface area (TPSA) is 38.7 Å². The highest BCUT2D eigenvalue weighted by atomic mass is 35.5. The van der Waals surface area contributed by atoms with E-state index >= 15 is 0 Å². The van der Waals surface area contributed by atoms with Crippen molar-refractivity contribution in [3.8, 4) is 0 Å². The summed E-state index contributed by atoms with van der Waals surface area (Å²) in [5, 5.41) is 5.50. The lowest BCUT2D eigenvalue weighted by atomic mass is 10.1. The molecule has 122 valence electrons. The van der Waals surface area contributed by atoms with Crippen LogP contribution in [0.15, 0.2) is 47.6 Å². The second-order valence-electron chi connectivity index (χ2n) is 4.66. The number of oxime groups is 1. The maximum Gasteiger partial charge on any atom is 0.106 e. The molecule has 0 N–H and O–H groups in total. The van der Waals surface area contributed by atoms with Crippen molar-refractivity contribution in [2.45, 2.75) is 5.75 Å². The van der Waals surface area contributed by atoms with Crippen LogP contribution in [0.25, 0.3) is 0 Å². The van der Waals surface area contributed by atoms with Crippen LogP contribution in [0.5, 0.6) is 0 Å². The molecular formula is C16H14Cl3NO2S. The van der Waals surface area contributed by atoms with Crippen LogP contribution in [0, 0.1) is 0 Å². The minimum Gasteiger partial charge on any atom is -0.399 e. The first-order chi connectivity index (χ1) is 11.0. The molecule has 0 fully saturated rings. The monoisotopic (exact) mass is 389 g/mol. The largest absolute Gasteiger partial charge is 0.399 e. The summed E-state index contributed by atoms with van der Waals surface area (Å²) in [7, 11) is 0.218. The first-order valence-electron chi connectivity index (χ1n) is 6.65. The molecule has 0 radical (unpaired) electrons. The van der Waals surface area contributed by atoms with Gasteiger partial charge in [-0.15, -0.1) is 0 Å². The van der Waals surface area contributed by atoms with Crippen molar-refractivity contribution in [3.05, 3.63) is 68.7 Å². The first kappa shape index (κ1) is 18.3. The van der Waals surface area contributed by atoms with Crippen LogP contribution in [0.3, 0.4) is 0 Å². The van der Waals surface area contributed by atoms with Gasteiger partial charge in [-0.1, -0.05) is 64.2 Å². The van der Waals surface area contributed by atoms with Crippen molar-refractivity contribution in [2.75, 3.05) is 12.9 Å². The van der Waals surface area contributed by atoms with E-state index in [0.717, 1.165) is 5.56 Å². The average molecular weight is 391 g/mol. The minimum absolute atomic E-state index is 0.195. The summed E-state index contributed by atoms with van der Waals surface area (Å²) in [5.41, 5.74) is 1.97. The molecule has 0 saturated heterocycles. The predicted octanol–water partition coefficient (Wildman–Crippen LogP) is 4.95. The normalized spacial score (nSPS) is 13.0. The van der Waals surface area contributed by atoms with E-state index < -0.39 is 10.8 Å². The zero-order chi connectivity index (χ0) is 16.8. The Kier molecular flexibility index (Phi) is 6.90. The van der Waals surface area contributed by atoms with Gasteiger partial charge in [0.25, 0.3) is 0 Å². The lowest BCUT2D eigenvalue weighted by Crippen LogP contribution is -2.15. The Labute approximate surface area is 152 Å². The lowest BCUT2D eigenvalue weighted by Gasteiger charge is -2.09. The lowest BCUT2D eigenvalue weighted by molar-refractivity contribution is 0.213.